The van der Waals surface area contributed by atoms with E-state index in [0.29, 0.717) is 22.6 Å². The van der Waals surface area contributed by atoms with Crippen LogP contribution in [0.25, 0.3) is 0 Å². The second-order valence-electron chi connectivity index (χ2n) is 2.96. The third kappa shape index (κ3) is 2.38. The van der Waals surface area contributed by atoms with Crippen molar-refractivity contribution in [1.29, 1.82) is 5.26 Å². The van der Waals surface area contributed by atoms with Crippen LogP contribution < -0.4 is 9.47 Å². The molecule has 0 unspecified atom stereocenters. The Morgan fingerprint density at radius 1 is 1.33 bits per heavy atom. The Balaban J connectivity index is 3.27. The molecule has 0 aliphatic rings. The van der Waals surface area contributed by atoms with E-state index in [1.165, 1.54) is 14.2 Å². The summed E-state index contributed by atoms with van der Waals surface area (Å²) in [6.07, 6.45) is 0.174. The average molecular weight is 209 g/mol. The van der Waals surface area contributed by atoms with E-state index >= 15 is 0 Å². The zero-order chi connectivity index (χ0) is 11.3. The predicted octanol–water partition coefficient (Wildman–Crippen LogP) is 2.24. The van der Waals surface area contributed by atoms with Crippen LogP contribution in [0.5, 0.6) is 11.5 Å². The molecule has 0 amide bonds. The van der Waals surface area contributed by atoms with Gasteiger partial charge in [0.15, 0.2) is 11.5 Å². The van der Waals surface area contributed by atoms with E-state index in [4.69, 9.17) is 14.7 Å². The molecule has 80 valence electrons. The molecular formula is C11H12FNO2. The molecule has 4 heteroatoms. The summed E-state index contributed by atoms with van der Waals surface area (Å²) in [6.45, 7) is -0.585. The third-order valence-electron chi connectivity index (χ3n) is 2.04. The molecule has 0 atom stereocenters. The smallest absolute Gasteiger partial charge is 0.164 e. The summed E-state index contributed by atoms with van der Waals surface area (Å²) in [4.78, 5) is 0. The minimum atomic E-state index is -0.585. The van der Waals surface area contributed by atoms with Gasteiger partial charge in [0.2, 0.25) is 0 Å². The maximum Gasteiger partial charge on any atom is 0.164 e. The van der Waals surface area contributed by atoms with E-state index < -0.39 is 6.67 Å². The Morgan fingerprint density at radius 2 is 2.07 bits per heavy atom. The van der Waals surface area contributed by atoms with Crippen molar-refractivity contribution < 1.29 is 13.9 Å². The van der Waals surface area contributed by atoms with Gasteiger partial charge in [-0.25, -0.2) is 4.39 Å². The molecule has 15 heavy (non-hydrogen) atoms. The molecule has 0 saturated heterocycles. The van der Waals surface area contributed by atoms with E-state index in [9.17, 15) is 4.39 Å². The second-order valence-corrected chi connectivity index (χ2v) is 2.96. The highest BCUT2D eigenvalue weighted by molar-refractivity contribution is 5.50. The number of alkyl halides is 1. The van der Waals surface area contributed by atoms with Gasteiger partial charge in [0, 0.05) is 5.56 Å². The molecule has 0 heterocycles. The fourth-order valence-corrected chi connectivity index (χ4v) is 1.40. The Bertz CT molecular complexity index is 385. The lowest BCUT2D eigenvalue weighted by Crippen LogP contribution is -1.97. The first-order chi connectivity index (χ1) is 7.26. The van der Waals surface area contributed by atoms with Crippen LogP contribution in [0.4, 0.5) is 4.39 Å². The Morgan fingerprint density at radius 3 is 2.53 bits per heavy atom. The predicted molar refractivity (Wildman–Crippen MR) is 53.7 cm³/mol. The number of nitriles is 1. The molecule has 0 fully saturated rings. The van der Waals surface area contributed by atoms with Crippen LogP contribution >= 0.6 is 0 Å². The largest absolute Gasteiger partial charge is 0.493 e. The summed E-state index contributed by atoms with van der Waals surface area (Å²) >= 11 is 0. The lowest BCUT2D eigenvalue weighted by Gasteiger charge is -2.12. The van der Waals surface area contributed by atoms with Crippen LogP contribution in [0.2, 0.25) is 0 Å². The molecule has 3 nitrogen and oxygen atoms in total. The van der Waals surface area contributed by atoms with Crippen LogP contribution in [-0.2, 0) is 13.1 Å². The molecule has 0 aliphatic carbocycles. The fraction of sp³-hybridized carbons (Fsp3) is 0.364. The van der Waals surface area contributed by atoms with Crippen LogP contribution in [0.15, 0.2) is 12.1 Å². The molecule has 1 aromatic rings. The normalized spacial score (nSPS) is 9.47. The number of nitrogens with zero attached hydrogens (tertiary/aromatic N) is 1. The molecule has 0 aliphatic heterocycles. The van der Waals surface area contributed by atoms with Gasteiger partial charge in [0.05, 0.1) is 26.7 Å². The number of halogens is 1. The van der Waals surface area contributed by atoms with Crippen LogP contribution in [0, 0.1) is 11.3 Å². The standard InChI is InChI=1S/C11H12FNO2/c1-14-10-6-8(7-12)5-9(3-4-13)11(10)15-2/h5-6H,3,7H2,1-2H3. The number of methoxy groups -OCH3 is 2. The number of hydrogen-bond acceptors (Lipinski definition) is 3. The van der Waals surface area contributed by atoms with E-state index in [1.807, 2.05) is 6.07 Å². The van der Waals surface area contributed by atoms with Gasteiger partial charge < -0.3 is 9.47 Å². The van der Waals surface area contributed by atoms with Crippen molar-refractivity contribution >= 4 is 0 Å². The van der Waals surface area contributed by atoms with Crippen molar-refractivity contribution in [3.63, 3.8) is 0 Å². The number of benzene rings is 1. The zero-order valence-electron chi connectivity index (χ0n) is 8.71. The summed E-state index contributed by atoms with van der Waals surface area (Å²) in [7, 11) is 2.98. The number of ether oxygens (including phenoxy) is 2. The van der Waals surface area contributed by atoms with Gasteiger partial charge in [0.25, 0.3) is 0 Å². The van der Waals surface area contributed by atoms with E-state index in [1.54, 1.807) is 12.1 Å². The highest BCUT2D eigenvalue weighted by atomic mass is 19.1. The van der Waals surface area contributed by atoms with Crippen molar-refractivity contribution in [2.75, 3.05) is 14.2 Å². The molecule has 0 radical (unpaired) electrons. The van der Waals surface area contributed by atoms with Gasteiger partial charge in [-0.1, -0.05) is 0 Å². The number of rotatable bonds is 4. The average Bonchev–Trinajstić information content (AvgIpc) is 2.28. The Labute approximate surface area is 88.0 Å². The zero-order valence-corrected chi connectivity index (χ0v) is 8.71. The second kappa shape index (κ2) is 5.20. The highest BCUT2D eigenvalue weighted by Crippen LogP contribution is 2.33. The monoisotopic (exact) mass is 209 g/mol. The molecule has 0 bridgehead atoms. The van der Waals surface area contributed by atoms with Gasteiger partial charge in [-0.15, -0.1) is 0 Å². The van der Waals surface area contributed by atoms with E-state index in [2.05, 4.69) is 0 Å². The third-order valence-corrected chi connectivity index (χ3v) is 2.04. The molecular weight excluding hydrogens is 197 g/mol. The van der Waals surface area contributed by atoms with Gasteiger partial charge in [-0.05, 0) is 17.7 Å². The van der Waals surface area contributed by atoms with Crippen LogP contribution in [0.1, 0.15) is 11.1 Å². The SMILES string of the molecule is COc1cc(CF)cc(CC#N)c1OC. The molecule has 0 N–H and O–H groups in total. The minimum Gasteiger partial charge on any atom is -0.493 e. The van der Waals surface area contributed by atoms with Crippen LogP contribution in [0.3, 0.4) is 0 Å². The van der Waals surface area contributed by atoms with Crippen molar-refractivity contribution in [2.45, 2.75) is 13.1 Å². The minimum absolute atomic E-state index is 0.174. The summed E-state index contributed by atoms with van der Waals surface area (Å²) in [5.74, 6) is 0.953. The first-order valence-electron chi connectivity index (χ1n) is 4.43. The maximum absolute atomic E-state index is 12.5. The van der Waals surface area contributed by atoms with Gasteiger partial charge in [-0.3, -0.25) is 0 Å². The summed E-state index contributed by atoms with van der Waals surface area (Å²) < 4.78 is 22.7. The summed E-state index contributed by atoms with van der Waals surface area (Å²) in [5, 5.41) is 8.63. The highest BCUT2D eigenvalue weighted by Gasteiger charge is 2.11. The Kier molecular flexibility index (Phi) is 3.92. The van der Waals surface area contributed by atoms with E-state index in [-0.39, 0.29) is 6.42 Å². The van der Waals surface area contributed by atoms with Gasteiger partial charge in [-0.2, -0.15) is 5.26 Å². The first-order valence-corrected chi connectivity index (χ1v) is 4.43. The lowest BCUT2D eigenvalue weighted by atomic mass is 10.1. The molecule has 0 spiro atoms. The van der Waals surface area contributed by atoms with Crippen molar-refractivity contribution in [3.05, 3.63) is 23.3 Å². The summed E-state index contributed by atoms with van der Waals surface area (Å²) in [6, 6.07) is 5.19. The Hall–Kier alpha value is -1.76. The quantitative estimate of drug-likeness (QED) is 0.763. The van der Waals surface area contributed by atoms with Crippen LogP contribution in [-0.4, -0.2) is 14.2 Å². The molecule has 0 saturated carbocycles. The molecule has 1 rings (SSSR count). The fourth-order valence-electron chi connectivity index (χ4n) is 1.40. The number of hydrogen-bond donors (Lipinski definition) is 0. The lowest BCUT2D eigenvalue weighted by molar-refractivity contribution is 0.351. The van der Waals surface area contributed by atoms with Crippen molar-refractivity contribution in [2.24, 2.45) is 0 Å². The van der Waals surface area contributed by atoms with Crippen molar-refractivity contribution in [3.8, 4) is 17.6 Å². The summed E-state index contributed by atoms with van der Waals surface area (Å²) in [5.41, 5.74) is 1.13. The van der Waals surface area contributed by atoms with E-state index in [0.717, 1.165) is 0 Å². The topological polar surface area (TPSA) is 42.2 Å². The van der Waals surface area contributed by atoms with Gasteiger partial charge >= 0.3 is 0 Å². The molecule has 0 aromatic heterocycles. The first kappa shape index (κ1) is 11.3. The van der Waals surface area contributed by atoms with Gasteiger partial charge in [0.1, 0.15) is 6.67 Å². The molecule has 1 aromatic carbocycles. The maximum atomic E-state index is 12.5. The van der Waals surface area contributed by atoms with Crippen molar-refractivity contribution in [1.82, 2.24) is 0 Å².